The van der Waals surface area contributed by atoms with E-state index in [1.807, 2.05) is 11.3 Å². The van der Waals surface area contributed by atoms with Crippen molar-refractivity contribution in [3.05, 3.63) is 188 Å². The van der Waals surface area contributed by atoms with Gasteiger partial charge in [0.25, 0.3) is 0 Å². The third kappa shape index (κ3) is 4.76. The van der Waals surface area contributed by atoms with Crippen LogP contribution in [0.3, 0.4) is 0 Å². The van der Waals surface area contributed by atoms with Gasteiger partial charge in [-0.1, -0.05) is 146 Å². The van der Waals surface area contributed by atoms with Gasteiger partial charge in [-0.3, -0.25) is 0 Å². The Morgan fingerprint density at radius 2 is 0.860 bits per heavy atom. The van der Waals surface area contributed by atoms with Crippen molar-refractivity contribution >= 4 is 80.9 Å². The maximum atomic E-state index is 2.43. The predicted octanol–water partition coefficient (Wildman–Crippen LogP) is 14.3. The van der Waals surface area contributed by atoms with Gasteiger partial charge >= 0.3 is 0 Å². The minimum Gasteiger partial charge on any atom is -0.310 e. The fraction of sp³-hybridized carbons (Fsp3) is 0. The van der Waals surface area contributed by atoms with Gasteiger partial charge in [0.15, 0.2) is 0 Å². The van der Waals surface area contributed by atoms with Crippen molar-refractivity contribution in [3.8, 4) is 22.3 Å². The Kier molecular flexibility index (Phi) is 6.75. The summed E-state index contributed by atoms with van der Waals surface area (Å²) in [6.07, 6.45) is 0. The van der Waals surface area contributed by atoms with Crippen LogP contribution in [0.15, 0.2) is 188 Å². The standard InChI is InChI=1S/C48H31NS/c1-3-11-32(12-4-1)41-26-24-38(30-44(41)33-13-5-2-6-14-33)49(37-23-21-36-20-19-34-15-7-9-17-40(34)45(36)29-37)39-25-27-43-47(31-39)50-46-28-22-35-16-8-10-18-42(35)48(43)46/h1-31H. The average molecular weight is 654 g/mol. The van der Waals surface area contributed by atoms with E-state index in [0.29, 0.717) is 0 Å². The maximum absolute atomic E-state index is 2.43. The van der Waals surface area contributed by atoms with E-state index in [-0.39, 0.29) is 0 Å². The van der Waals surface area contributed by atoms with Crippen LogP contribution in [-0.4, -0.2) is 0 Å². The van der Waals surface area contributed by atoms with Crippen molar-refractivity contribution in [2.45, 2.75) is 0 Å². The molecule has 234 valence electrons. The molecule has 10 aromatic rings. The van der Waals surface area contributed by atoms with Crippen LogP contribution in [-0.2, 0) is 0 Å². The van der Waals surface area contributed by atoms with Gasteiger partial charge in [-0.05, 0) is 97.0 Å². The van der Waals surface area contributed by atoms with Crippen LogP contribution in [0.2, 0.25) is 0 Å². The molecule has 50 heavy (non-hydrogen) atoms. The number of hydrogen-bond acceptors (Lipinski definition) is 2. The first-order chi connectivity index (χ1) is 24.8. The quantitative estimate of drug-likeness (QED) is 0.167. The lowest BCUT2D eigenvalue weighted by Crippen LogP contribution is -2.10. The van der Waals surface area contributed by atoms with E-state index in [9.17, 15) is 0 Å². The monoisotopic (exact) mass is 653 g/mol. The Morgan fingerprint density at radius 1 is 0.320 bits per heavy atom. The van der Waals surface area contributed by atoms with Gasteiger partial charge in [-0.25, -0.2) is 0 Å². The molecular weight excluding hydrogens is 623 g/mol. The van der Waals surface area contributed by atoms with Crippen LogP contribution in [0.25, 0.3) is 74.7 Å². The summed E-state index contributed by atoms with van der Waals surface area (Å²) in [5, 5.41) is 10.3. The van der Waals surface area contributed by atoms with E-state index < -0.39 is 0 Å². The molecule has 9 aromatic carbocycles. The van der Waals surface area contributed by atoms with E-state index in [1.54, 1.807) is 0 Å². The number of benzene rings is 9. The third-order valence-electron chi connectivity index (χ3n) is 10.0. The largest absolute Gasteiger partial charge is 0.310 e. The maximum Gasteiger partial charge on any atom is 0.0476 e. The molecule has 0 atom stereocenters. The van der Waals surface area contributed by atoms with E-state index in [4.69, 9.17) is 0 Å². The molecule has 0 bridgehead atoms. The third-order valence-corrected chi connectivity index (χ3v) is 11.1. The summed E-state index contributed by atoms with van der Waals surface area (Å²) in [5.41, 5.74) is 8.22. The number of hydrogen-bond donors (Lipinski definition) is 0. The normalized spacial score (nSPS) is 11.6. The molecule has 10 rings (SSSR count). The van der Waals surface area contributed by atoms with Gasteiger partial charge in [0.1, 0.15) is 0 Å². The summed E-state index contributed by atoms with van der Waals surface area (Å²) >= 11 is 1.88. The van der Waals surface area contributed by atoms with Crippen LogP contribution in [0.1, 0.15) is 0 Å². The lowest BCUT2D eigenvalue weighted by Gasteiger charge is -2.27. The first-order valence-electron chi connectivity index (χ1n) is 17.1. The van der Waals surface area contributed by atoms with E-state index in [0.717, 1.165) is 17.1 Å². The highest BCUT2D eigenvalue weighted by atomic mass is 32.1. The van der Waals surface area contributed by atoms with Crippen LogP contribution in [0, 0.1) is 0 Å². The number of fused-ring (bicyclic) bond motifs is 8. The Labute approximate surface area is 294 Å². The molecule has 0 aliphatic rings. The van der Waals surface area contributed by atoms with Crippen molar-refractivity contribution in [3.63, 3.8) is 0 Å². The lowest BCUT2D eigenvalue weighted by molar-refractivity contribution is 1.30. The van der Waals surface area contributed by atoms with Gasteiger partial charge in [-0.15, -0.1) is 11.3 Å². The second-order valence-electron chi connectivity index (χ2n) is 12.9. The minimum absolute atomic E-state index is 1.12. The van der Waals surface area contributed by atoms with Crippen LogP contribution in [0.4, 0.5) is 17.1 Å². The van der Waals surface area contributed by atoms with Crippen LogP contribution >= 0.6 is 11.3 Å². The topological polar surface area (TPSA) is 3.24 Å². The Morgan fingerprint density at radius 3 is 1.64 bits per heavy atom. The minimum atomic E-state index is 1.12. The molecule has 1 heterocycles. The van der Waals surface area contributed by atoms with E-state index >= 15 is 0 Å². The van der Waals surface area contributed by atoms with E-state index in [1.165, 1.54) is 74.7 Å². The van der Waals surface area contributed by atoms with Crippen LogP contribution < -0.4 is 4.90 Å². The van der Waals surface area contributed by atoms with Crippen molar-refractivity contribution in [2.24, 2.45) is 0 Å². The number of thiophene rings is 1. The Balaban J connectivity index is 1.23. The Bertz CT molecular complexity index is 2870. The highest BCUT2D eigenvalue weighted by Gasteiger charge is 2.19. The fourth-order valence-electron chi connectivity index (χ4n) is 7.65. The first kappa shape index (κ1) is 28.8. The van der Waals surface area contributed by atoms with Gasteiger partial charge in [0.2, 0.25) is 0 Å². The smallest absolute Gasteiger partial charge is 0.0476 e. The second-order valence-corrected chi connectivity index (χ2v) is 14.0. The molecular formula is C48H31NS. The molecule has 2 heteroatoms. The van der Waals surface area contributed by atoms with Crippen molar-refractivity contribution in [1.82, 2.24) is 0 Å². The summed E-state index contributed by atoms with van der Waals surface area (Å²) in [5.74, 6) is 0. The lowest BCUT2D eigenvalue weighted by atomic mass is 9.93. The summed E-state index contributed by atoms with van der Waals surface area (Å²) in [6.45, 7) is 0. The predicted molar refractivity (Wildman–Crippen MR) is 217 cm³/mol. The zero-order chi connectivity index (χ0) is 33.0. The van der Waals surface area contributed by atoms with Crippen molar-refractivity contribution in [2.75, 3.05) is 4.90 Å². The number of nitrogens with zero attached hydrogens (tertiary/aromatic N) is 1. The molecule has 0 N–H and O–H groups in total. The fourth-order valence-corrected chi connectivity index (χ4v) is 8.80. The van der Waals surface area contributed by atoms with Crippen molar-refractivity contribution < 1.29 is 0 Å². The van der Waals surface area contributed by atoms with Crippen molar-refractivity contribution in [1.29, 1.82) is 0 Å². The van der Waals surface area contributed by atoms with Crippen LogP contribution in [0.5, 0.6) is 0 Å². The molecule has 0 radical (unpaired) electrons. The van der Waals surface area contributed by atoms with E-state index in [2.05, 4.69) is 193 Å². The molecule has 0 aliphatic heterocycles. The number of anilines is 3. The molecule has 1 aromatic heterocycles. The zero-order valence-corrected chi connectivity index (χ0v) is 28.1. The Hall–Kier alpha value is -6.22. The van der Waals surface area contributed by atoms with Gasteiger partial charge in [-0.2, -0.15) is 0 Å². The summed E-state index contributed by atoms with van der Waals surface area (Å²) in [6, 6.07) is 68.8. The molecule has 0 unspecified atom stereocenters. The molecule has 0 saturated heterocycles. The zero-order valence-electron chi connectivity index (χ0n) is 27.3. The molecule has 0 amide bonds. The summed E-state index contributed by atoms with van der Waals surface area (Å²) in [7, 11) is 0. The molecule has 0 spiro atoms. The van der Waals surface area contributed by atoms with Gasteiger partial charge in [0, 0.05) is 37.2 Å². The van der Waals surface area contributed by atoms with Gasteiger partial charge < -0.3 is 4.90 Å². The second kappa shape index (κ2) is 11.7. The molecule has 1 nitrogen and oxygen atoms in total. The van der Waals surface area contributed by atoms with Gasteiger partial charge in [0.05, 0.1) is 0 Å². The SMILES string of the molecule is c1ccc(-c2ccc(N(c3ccc4c(c3)sc3ccc5ccccc5c34)c3ccc4ccc5ccccc5c4c3)cc2-c2ccccc2)cc1. The molecule has 0 fully saturated rings. The summed E-state index contributed by atoms with van der Waals surface area (Å²) in [4.78, 5) is 2.43. The highest BCUT2D eigenvalue weighted by Crippen LogP contribution is 2.45. The molecule has 0 saturated carbocycles. The molecule has 0 aliphatic carbocycles. The first-order valence-corrected chi connectivity index (χ1v) is 17.9. The average Bonchev–Trinajstić information content (AvgIpc) is 3.57. The number of rotatable bonds is 5. The summed E-state index contributed by atoms with van der Waals surface area (Å²) < 4.78 is 2.60. The highest BCUT2D eigenvalue weighted by molar-refractivity contribution is 7.26.